The predicted octanol–water partition coefficient (Wildman–Crippen LogP) is 1.42. The van der Waals surface area contributed by atoms with Crippen LogP contribution in [0, 0.1) is 0 Å². The summed E-state index contributed by atoms with van der Waals surface area (Å²) >= 11 is 0. The average Bonchev–Trinajstić information content (AvgIpc) is 2.54. The van der Waals surface area contributed by atoms with Crippen LogP contribution in [-0.2, 0) is 9.53 Å². The van der Waals surface area contributed by atoms with Gasteiger partial charge in [0.2, 0.25) is 5.91 Å². The number of rotatable bonds is 6. The van der Waals surface area contributed by atoms with Crippen LogP contribution in [0.2, 0.25) is 0 Å². The topological polar surface area (TPSA) is 61.8 Å². The molecule has 5 heteroatoms. The minimum atomic E-state index is -0.392. The quantitative estimate of drug-likeness (QED) is 0.780. The number of carbonyl (C=O) groups excluding carboxylic acids is 1. The molecule has 1 unspecified atom stereocenters. The lowest BCUT2D eigenvalue weighted by Crippen LogP contribution is -2.36. The second kappa shape index (κ2) is 8.56. The summed E-state index contributed by atoms with van der Waals surface area (Å²) in [4.78, 5) is 13.9. The van der Waals surface area contributed by atoms with E-state index < -0.39 is 6.10 Å². The van der Waals surface area contributed by atoms with E-state index in [4.69, 9.17) is 9.84 Å². The van der Waals surface area contributed by atoms with Crippen LogP contribution in [0.4, 0.5) is 5.69 Å². The Morgan fingerprint density at radius 2 is 2.05 bits per heavy atom. The van der Waals surface area contributed by atoms with Gasteiger partial charge in [-0.1, -0.05) is 12.1 Å². The molecular formula is C17H24N2O3. The smallest absolute Gasteiger partial charge is 0.244 e. The van der Waals surface area contributed by atoms with Gasteiger partial charge in [-0.15, -0.1) is 0 Å². The predicted molar refractivity (Wildman–Crippen MR) is 87.8 cm³/mol. The van der Waals surface area contributed by atoms with Gasteiger partial charge in [-0.3, -0.25) is 4.79 Å². The van der Waals surface area contributed by atoms with Crippen molar-refractivity contribution in [3.8, 4) is 0 Å². The second-order valence-corrected chi connectivity index (χ2v) is 5.45. The van der Waals surface area contributed by atoms with Gasteiger partial charge in [0.1, 0.15) is 0 Å². The Morgan fingerprint density at radius 1 is 1.36 bits per heavy atom. The normalized spacial score (nSPS) is 16.7. The first-order chi connectivity index (χ1) is 10.6. The van der Waals surface area contributed by atoms with Gasteiger partial charge in [0.25, 0.3) is 0 Å². The largest absolute Gasteiger partial charge is 0.393 e. The summed E-state index contributed by atoms with van der Waals surface area (Å²) in [5.74, 6) is -0.141. The van der Waals surface area contributed by atoms with E-state index in [1.165, 1.54) is 11.8 Å². The van der Waals surface area contributed by atoms with Gasteiger partial charge in [0.15, 0.2) is 0 Å². The molecule has 0 aliphatic carbocycles. The first-order valence-electron chi connectivity index (χ1n) is 7.72. The SMILES string of the molecule is CC(O)CCNC(=O)C=Cc1ccc(N2CCOCC2)cc1. The van der Waals surface area contributed by atoms with Crippen molar-refractivity contribution in [2.24, 2.45) is 0 Å². The number of benzene rings is 1. The Balaban J connectivity index is 1.82. The number of carbonyl (C=O) groups is 1. The van der Waals surface area contributed by atoms with E-state index in [2.05, 4.69) is 22.3 Å². The van der Waals surface area contributed by atoms with Crippen molar-refractivity contribution in [2.75, 3.05) is 37.7 Å². The van der Waals surface area contributed by atoms with Gasteiger partial charge in [-0.25, -0.2) is 0 Å². The molecular weight excluding hydrogens is 280 g/mol. The number of aliphatic hydroxyl groups excluding tert-OH is 1. The van der Waals surface area contributed by atoms with Crippen molar-refractivity contribution in [2.45, 2.75) is 19.4 Å². The molecule has 1 saturated heterocycles. The standard InChI is InChI=1S/C17H24N2O3/c1-14(20)8-9-18-17(21)7-4-15-2-5-16(6-3-15)19-10-12-22-13-11-19/h2-7,14,20H,8-13H2,1H3,(H,18,21). The van der Waals surface area contributed by atoms with E-state index >= 15 is 0 Å². The number of amides is 1. The molecule has 2 N–H and O–H groups in total. The molecule has 0 bridgehead atoms. The first-order valence-corrected chi connectivity index (χ1v) is 7.72. The summed E-state index contributed by atoms with van der Waals surface area (Å²) in [6, 6.07) is 8.14. The third-order valence-corrected chi connectivity index (χ3v) is 3.56. The molecule has 1 aliphatic rings. The lowest BCUT2D eigenvalue weighted by Gasteiger charge is -2.28. The van der Waals surface area contributed by atoms with Crippen LogP contribution >= 0.6 is 0 Å². The minimum absolute atomic E-state index is 0.141. The van der Waals surface area contributed by atoms with Crippen LogP contribution in [0.5, 0.6) is 0 Å². The number of morpholine rings is 1. The van der Waals surface area contributed by atoms with E-state index in [0.29, 0.717) is 13.0 Å². The summed E-state index contributed by atoms with van der Waals surface area (Å²) in [6.45, 7) is 5.57. The highest BCUT2D eigenvalue weighted by molar-refractivity contribution is 5.91. The molecule has 0 radical (unpaired) electrons. The van der Waals surface area contributed by atoms with E-state index in [0.717, 1.165) is 31.9 Å². The fraction of sp³-hybridized carbons (Fsp3) is 0.471. The van der Waals surface area contributed by atoms with E-state index in [1.807, 2.05) is 12.1 Å². The fourth-order valence-electron chi connectivity index (χ4n) is 2.25. The van der Waals surface area contributed by atoms with Crippen molar-refractivity contribution in [1.29, 1.82) is 0 Å². The summed E-state index contributed by atoms with van der Waals surface area (Å²) in [5.41, 5.74) is 2.17. The summed E-state index contributed by atoms with van der Waals surface area (Å²) in [6.07, 6.45) is 3.48. The molecule has 120 valence electrons. The third-order valence-electron chi connectivity index (χ3n) is 3.56. The van der Waals surface area contributed by atoms with Crippen LogP contribution in [-0.4, -0.2) is 50.0 Å². The maximum Gasteiger partial charge on any atom is 0.244 e. The van der Waals surface area contributed by atoms with Crippen molar-refractivity contribution < 1.29 is 14.6 Å². The first kappa shape index (κ1) is 16.5. The highest BCUT2D eigenvalue weighted by Crippen LogP contribution is 2.17. The summed E-state index contributed by atoms with van der Waals surface area (Å²) in [5, 5.41) is 11.9. The Labute approximate surface area is 131 Å². The molecule has 0 spiro atoms. The Kier molecular flexibility index (Phi) is 6.43. The number of aliphatic hydroxyl groups is 1. The minimum Gasteiger partial charge on any atom is -0.393 e. The Hall–Kier alpha value is -1.85. The Bertz CT molecular complexity index is 491. The van der Waals surface area contributed by atoms with Crippen molar-refractivity contribution in [3.63, 3.8) is 0 Å². The summed E-state index contributed by atoms with van der Waals surface area (Å²) in [7, 11) is 0. The molecule has 1 amide bonds. The molecule has 1 aliphatic heterocycles. The highest BCUT2D eigenvalue weighted by atomic mass is 16.5. The van der Waals surface area contributed by atoms with Gasteiger partial charge < -0.3 is 20.1 Å². The van der Waals surface area contributed by atoms with Gasteiger partial charge in [-0.2, -0.15) is 0 Å². The molecule has 0 aromatic heterocycles. The van der Waals surface area contributed by atoms with Crippen molar-refractivity contribution in [3.05, 3.63) is 35.9 Å². The van der Waals surface area contributed by atoms with Crippen LogP contribution in [0.25, 0.3) is 6.08 Å². The fourth-order valence-corrected chi connectivity index (χ4v) is 2.25. The molecule has 2 rings (SSSR count). The number of nitrogens with zero attached hydrogens (tertiary/aromatic N) is 1. The molecule has 0 saturated carbocycles. The van der Waals surface area contributed by atoms with Gasteiger partial charge in [0.05, 0.1) is 19.3 Å². The highest BCUT2D eigenvalue weighted by Gasteiger charge is 2.10. The zero-order valence-corrected chi connectivity index (χ0v) is 13.0. The molecule has 5 nitrogen and oxygen atoms in total. The number of hydrogen-bond acceptors (Lipinski definition) is 4. The molecule has 22 heavy (non-hydrogen) atoms. The average molecular weight is 304 g/mol. The zero-order chi connectivity index (χ0) is 15.8. The van der Waals surface area contributed by atoms with E-state index in [9.17, 15) is 4.79 Å². The molecule has 1 heterocycles. The van der Waals surface area contributed by atoms with Crippen molar-refractivity contribution >= 4 is 17.7 Å². The molecule has 1 aromatic rings. The van der Waals surface area contributed by atoms with E-state index in [-0.39, 0.29) is 5.91 Å². The molecule has 1 fully saturated rings. The number of ether oxygens (including phenoxy) is 1. The van der Waals surface area contributed by atoms with E-state index in [1.54, 1.807) is 13.0 Å². The Morgan fingerprint density at radius 3 is 2.68 bits per heavy atom. The molecule has 1 aromatic carbocycles. The number of anilines is 1. The monoisotopic (exact) mass is 304 g/mol. The zero-order valence-electron chi connectivity index (χ0n) is 13.0. The number of nitrogens with one attached hydrogen (secondary N) is 1. The second-order valence-electron chi connectivity index (χ2n) is 5.45. The van der Waals surface area contributed by atoms with Crippen LogP contribution in [0.3, 0.4) is 0 Å². The van der Waals surface area contributed by atoms with Gasteiger partial charge in [0, 0.05) is 31.4 Å². The van der Waals surface area contributed by atoms with Crippen molar-refractivity contribution in [1.82, 2.24) is 5.32 Å². The number of hydrogen-bond donors (Lipinski definition) is 2. The van der Waals surface area contributed by atoms with Gasteiger partial charge in [-0.05, 0) is 37.1 Å². The van der Waals surface area contributed by atoms with Gasteiger partial charge >= 0.3 is 0 Å². The maximum absolute atomic E-state index is 11.6. The lowest BCUT2D eigenvalue weighted by atomic mass is 10.1. The lowest BCUT2D eigenvalue weighted by molar-refractivity contribution is -0.116. The summed E-state index contributed by atoms with van der Waals surface area (Å²) < 4.78 is 5.34. The maximum atomic E-state index is 11.6. The van der Waals surface area contributed by atoms with Crippen LogP contribution < -0.4 is 10.2 Å². The van der Waals surface area contributed by atoms with Crippen LogP contribution in [0.15, 0.2) is 30.3 Å². The third kappa shape index (κ3) is 5.50. The van der Waals surface area contributed by atoms with Crippen LogP contribution in [0.1, 0.15) is 18.9 Å². The molecule has 1 atom stereocenters.